The predicted octanol–water partition coefficient (Wildman–Crippen LogP) is 1.60. The molecule has 1 atom stereocenters. The van der Waals surface area contributed by atoms with E-state index in [0.717, 1.165) is 0 Å². The van der Waals surface area contributed by atoms with E-state index in [1.807, 2.05) is 18.7 Å². The summed E-state index contributed by atoms with van der Waals surface area (Å²) >= 11 is 0. The number of amides is 2. The zero-order valence-electron chi connectivity index (χ0n) is 14.4. The van der Waals surface area contributed by atoms with Crippen LogP contribution in [0.1, 0.15) is 31.7 Å². The lowest BCUT2D eigenvalue weighted by Gasteiger charge is -2.34. The summed E-state index contributed by atoms with van der Waals surface area (Å²) in [5.41, 5.74) is 0.584. The summed E-state index contributed by atoms with van der Waals surface area (Å²) in [6.45, 7) is 7.39. The van der Waals surface area contributed by atoms with Gasteiger partial charge in [0.1, 0.15) is 5.82 Å². The summed E-state index contributed by atoms with van der Waals surface area (Å²) in [6, 6.07) is 6.61. The molecular weight excluding hydrogens is 309 g/mol. The topological polar surface area (TPSA) is 52.7 Å². The molecule has 0 bridgehead atoms. The van der Waals surface area contributed by atoms with Crippen LogP contribution in [0.25, 0.3) is 0 Å². The van der Waals surface area contributed by atoms with E-state index >= 15 is 0 Å². The van der Waals surface area contributed by atoms with Crippen molar-refractivity contribution < 1.29 is 14.0 Å². The smallest absolute Gasteiger partial charge is 0.234 e. The van der Waals surface area contributed by atoms with Gasteiger partial charge in [-0.05, 0) is 24.5 Å². The summed E-state index contributed by atoms with van der Waals surface area (Å²) in [7, 11) is 0. The second-order valence-corrected chi connectivity index (χ2v) is 6.24. The van der Waals surface area contributed by atoms with E-state index in [1.54, 1.807) is 18.2 Å². The maximum atomic E-state index is 13.8. The number of hydrogen-bond acceptors (Lipinski definition) is 3. The van der Waals surface area contributed by atoms with Gasteiger partial charge >= 0.3 is 0 Å². The number of rotatable bonds is 6. The quantitative estimate of drug-likeness (QED) is 0.859. The van der Waals surface area contributed by atoms with E-state index < -0.39 is 0 Å². The first-order valence-corrected chi connectivity index (χ1v) is 8.52. The molecule has 132 valence electrons. The van der Waals surface area contributed by atoms with E-state index in [4.69, 9.17) is 0 Å². The molecule has 1 saturated heterocycles. The highest BCUT2D eigenvalue weighted by atomic mass is 19.1. The molecule has 2 rings (SSSR count). The Morgan fingerprint density at radius 3 is 2.50 bits per heavy atom. The molecule has 1 heterocycles. The second-order valence-electron chi connectivity index (χ2n) is 6.24. The molecule has 1 aliphatic heterocycles. The SMILES string of the molecule is CCNC(=O)CN1CCN(C(=O)C[C@H](C)c2ccccc2F)CC1. The first-order chi connectivity index (χ1) is 11.5. The standard InChI is InChI=1S/C18H26FN3O2/c1-3-20-17(23)13-21-8-10-22(11-9-21)18(24)12-14(2)15-6-4-5-7-16(15)19/h4-7,14H,3,8-13H2,1-2H3,(H,20,23)/t14-/m0/s1. The van der Waals surface area contributed by atoms with Gasteiger partial charge < -0.3 is 10.2 Å². The van der Waals surface area contributed by atoms with Gasteiger partial charge in [-0.25, -0.2) is 4.39 Å². The van der Waals surface area contributed by atoms with Gasteiger partial charge in [-0.1, -0.05) is 25.1 Å². The molecule has 2 amide bonds. The van der Waals surface area contributed by atoms with Crippen LogP contribution >= 0.6 is 0 Å². The lowest BCUT2D eigenvalue weighted by atomic mass is 9.96. The fraction of sp³-hybridized carbons (Fsp3) is 0.556. The molecule has 6 heteroatoms. The van der Waals surface area contributed by atoms with Gasteiger partial charge in [0.25, 0.3) is 0 Å². The number of carbonyl (C=O) groups excluding carboxylic acids is 2. The Morgan fingerprint density at radius 1 is 1.21 bits per heavy atom. The summed E-state index contributed by atoms with van der Waals surface area (Å²) in [5, 5.41) is 2.78. The molecule has 5 nitrogen and oxygen atoms in total. The molecule has 24 heavy (non-hydrogen) atoms. The normalized spacial score (nSPS) is 16.7. The van der Waals surface area contributed by atoms with Crippen molar-refractivity contribution in [3.63, 3.8) is 0 Å². The largest absolute Gasteiger partial charge is 0.355 e. The average Bonchev–Trinajstić information content (AvgIpc) is 2.56. The van der Waals surface area contributed by atoms with Crippen LogP contribution in [0.3, 0.4) is 0 Å². The third-order valence-corrected chi connectivity index (χ3v) is 4.38. The van der Waals surface area contributed by atoms with Crippen molar-refractivity contribution in [1.29, 1.82) is 0 Å². The first-order valence-electron chi connectivity index (χ1n) is 8.52. The minimum Gasteiger partial charge on any atom is -0.355 e. The van der Waals surface area contributed by atoms with Crippen LogP contribution in [0.2, 0.25) is 0 Å². The van der Waals surface area contributed by atoms with Crippen molar-refractivity contribution in [3.8, 4) is 0 Å². The number of piperazine rings is 1. The van der Waals surface area contributed by atoms with Gasteiger partial charge in [-0.2, -0.15) is 0 Å². The van der Waals surface area contributed by atoms with Crippen molar-refractivity contribution in [1.82, 2.24) is 15.1 Å². The lowest BCUT2D eigenvalue weighted by molar-refractivity contribution is -0.133. The third kappa shape index (κ3) is 5.03. The van der Waals surface area contributed by atoms with Crippen LogP contribution in [0.4, 0.5) is 4.39 Å². The molecule has 1 aromatic carbocycles. The highest BCUT2D eigenvalue weighted by Gasteiger charge is 2.24. The minimum atomic E-state index is -0.260. The van der Waals surface area contributed by atoms with Gasteiger partial charge in [0.2, 0.25) is 11.8 Å². The Morgan fingerprint density at radius 2 is 1.88 bits per heavy atom. The van der Waals surface area contributed by atoms with Gasteiger partial charge in [0.05, 0.1) is 6.54 Å². The molecule has 0 aromatic heterocycles. The maximum absolute atomic E-state index is 13.8. The number of likely N-dealkylation sites (N-methyl/N-ethyl adjacent to an activating group) is 1. The number of nitrogens with one attached hydrogen (secondary N) is 1. The van der Waals surface area contributed by atoms with E-state index in [9.17, 15) is 14.0 Å². The number of nitrogens with zero attached hydrogens (tertiary/aromatic N) is 2. The molecule has 1 N–H and O–H groups in total. The van der Waals surface area contributed by atoms with E-state index in [1.165, 1.54) is 6.07 Å². The highest BCUT2D eigenvalue weighted by molar-refractivity contribution is 5.78. The van der Waals surface area contributed by atoms with Crippen LogP contribution in [0.5, 0.6) is 0 Å². The summed E-state index contributed by atoms with van der Waals surface area (Å²) in [4.78, 5) is 27.9. The number of halogens is 1. The number of hydrogen-bond donors (Lipinski definition) is 1. The zero-order valence-corrected chi connectivity index (χ0v) is 14.4. The number of carbonyl (C=O) groups is 2. The molecule has 1 fully saturated rings. The van der Waals surface area contributed by atoms with Crippen molar-refractivity contribution in [3.05, 3.63) is 35.6 Å². The number of benzene rings is 1. The predicted molar refractivity (Wildman–Crippen MR) is 91.1 cm³/mol. The second kappa shape index (κ2) is 8.78. The molecule has 0 unspecified atom stereocenters. The first kappa shape index (κ1) is 18.4. The molecule has 0 saturated carbocycles. The summed E-state index contributed by atoms with van der Waals surface area (Å²) in [5.74, 6) is -0.342. The molecule has 1 aromatic rings. The van der Waals surface area contributed by atoms with Crippen molar-refractivity contribution in [2.45, 2.75) is 26.2 Å². The van der Waals surface area contributed by atoms with Gasteiger partial charge in [0, 0.05) is 39.1 Å². The maximum Gasteiger partial charge on any atom is 0.234 e. The van der Waals surface area contributed by atoms with Crippen LogP contribution in [0.15, 0.2) is 24.3 Å². The Hall–Kier alpha value is -1.95. The Balaban J connectivity index is 1.80. The van der Waals surface area contributed by atoms with Crippen molar-refractivity contribution >= 4 is 11.8 Å². The molecule has 0 spiro atoms. The summed E-state index contributed by atoms with van der Waals surface area (Å²) < 4.78 is 13.8. The van der Waals surface area contributed by atoms with Gasteiger partial charge in [-0.3, -0.25) is 14.5 Å². The molecule has 0 radical (unpaired) electrons. The lowest BCUT2D eigenvalue weighted by Crippen LogP contribution is -2.51. The van der Waals surface area contributed by atoms with Crippen LogP contribution in [0, 0.1) is 5.82 Å². The summed E-state index contributed by atoms with van der Waals surface area (Å²) in [6.07, 6.45) is 0.303. The monoisotopic (exact) mass is 335 g/mol. The minimum absolute atomic E-state index is 0.0189. The molecule has 1 aliphatic rings. The van der Waals surface area contributed by atoms with E-state index in [0.29, 0.717) is 51.3 Å². The fourth-order valence-electron chi connectivity index (χ4n) is 2.99. The van der Waals surface area contributed by atoms with Crippen LogP contribution in [-0.4, -0.2) is 60.9 Å². The Labute approximate surface area is 142 Å². The van der Waals surface area contributed by atoms with Crippen molar-refractivity contribution in [2.75, 3.05) is 39.3 Å². The highest BCUT2D eigenvalue weighted by Crippen LogP contribution is 2.23. The Bertz CT molecular complexity index is 571. The van der Waals surface area contributed by atoms with Gasteiger partial charge in [-0.15, -0.1) is 0 Å². The Kier molecular flexibility index (Phi) is 6.73. The van der Waals surface area contributed by atoms with Gasteiger partial charge in [0.15, 0.2) is 0 Å². The van der Waals surface area contributed by atoms with E-state index in [-0.39, 0.29) is 23.5 Å². The molecular formula is C18H26FN3O2. The van der Waals surface area contributed by atoms with Crippen LogP contribution < -0.4 is 5.32 Å². The third-order valence-electron chi connectivity index (χ3n) is 4.38. The van der Waals surface area contributed by atoms with Crippen LogP contribution in [-0.2, 0) is 9.59 Å². The molecule has 0 aliphatic carbocycles. The van der Waals surface area contributed by atoms with E-state index in [2.05, 4.69) is 10.2 Å². The average molecular weight is 335 g/mol. The van der Waals surface area contributed by atoms with Crippen molar-refractivity contribution in [2.24, 2.45) is 0 Å². The fourth-order valence-corrected chi connectivity index (χ4v) is 2.99. The zero-order chi connectivity index (χ0) is 17.5.